The molecule has 0 aromatic heterocycles. The molecule has 4 rings (SSSR count). The maximum absolute atomic E-state index is 13.1. The minimum absolute atomic E-state index is 0.171. The first-order chi connectivity index (χ1) is 16.9. The maximum atomic E-state index is 13.1. The lowest BCUT2D eigenvalue weighted by Crippen LogP contribution is -2.19. The van der Waals surface area contributed by atoms with Crippen molar-refractivity contribution in [1.82, 2.24) is 0 Å². The van der Waals surface area contributed by atoms with Gasteiger partial charge in [0.25, 0.3) is 5.91 Å². The van der Waals surface area contributed by atoms with Gasteiger partial charge in [-0.1, -0.05) is 54.6 Å². The molecule has 4 aromatic carbocycles. The number of para-hydroxylation sites is 1. The third-order valence-corrected chi connectivity index (χ3v) is 5.44. The molecule has 3 N–H and O–H groups in total. The molecule has 7 nitrogen and oxygen atoms in total. The zero-order valence-corrected chi connectivity index (χ0v) is 19.4. The first-order valence-electron chi connectivity index (χ1n) is 11.1. The molecule has 176 valence electrons. The van der Waals surface area contributed by atoms with E-state index in [1.165, 1.54) is 14.0 Å². The van der Waals surface area contributed by atoms with Gasteiger partial charge in [0, 0.05) is 12.6 Å². The molecule has 0 bridgehead atoms. The van der Waals surface area contributed by atoms with E-state index in [-0.39, 0.29) is 18.2 Å². The molecule has 3 amide bonds. The van der Waals surface area contributed by atoms with E-state index in [2.05, 4.69) is 16.0 Å². The van der Waals surface area contributed by atoms with Gasteiger partial charge in [-0.15, -0.1) is 0 Å². The highest BCUT2D eigenvalue weighted by Gasteiger charge is 2.16. The second-order valence-electron chi connectivity index (χ2n) is 7.96. The normalized spacial score (nSPS) is 10.5. The largest absolute Gasteiger partial charge is 0.495 e. The monoisotopic (exact) mass is 467 g/mol. The molecule has 7 heteroatoms. The lowest BCUT2D eigenvalue weighted by molar-refractivity contribution is -0.116. The molecule has 0 fully saturated rings. The van der Waals surface area contributed by atoms with Crippen molar-refractivity contribution in [1.29, 1.82) is 0 Å². The summed E-state index contributed by atoms with van der Waals surface area (Å²) >= 11 is 0. The number of anilines is 3. The molecule has 0 atom stereocenters. The third-order valence-electron chi connectivity index (χ3n) is 5.44. The van der Waals surface area contributed by atoms with Crippen LogP contribution in [0.1, 0.15) is 22.8 Å². The van der Waals surface area contributed by atoms with E-state index in [0.29, 0.717) is 28.4 Å². The number of ether oxygens (including phenoxy) is 1. The van der Waals surface area contributed by atoms with Crippen LogP contribution in [0.4, 0.5) is 17.1 Å². The summed E-state index contributed by atoms with van der Waals surface area (Å²) in [7, 11) is 1.49. The van der Waals surface area contributed by atoms with E-state index in [4.69, 9.17) is 4.74 Å². The Labute approximate surface area is 203 Å². The van der Waals surface area contributed by atoms with Gasteiger partial charge in [-0.3, -0.25) is 14.4 Å². The molecule has 0 aliphatic rings. The van der Waals surface area contributed by atoms with Gasteiger partial charge >= 0.3 is 0 Å². The summed E-state index contributed by atoms with van der Waals surface area (Å²) in [4.78, 5) is 37.5. The van der Waals surface area contributed by atoms with Crippen molar-refractivity contribution in [2.45, 2.75) is 13.3 Å². The third kappa shape index (κ3) is 5.65. The lowest BCUT2D eigenvalue weighted by atomic mass is 10.0. The number of methoxy groups -OCH3 is 1. The van der Waals surface area contributed by atoms with Crippen molar-refractivity contribution in [3.05, 3.63) is 96.1 Å². The highest BCUT2D eigenvalue weighted by molar-refractivity contribution is 6.11. The average molecular weight is 468 g/mol. The Balaban J connectivity index is 1.54. The van der Waals surface area contributed by atoms with Crippen LogP contribution in [0.5, 0.6) is 5.75 Å². The molecular formula is C28H25N3O4. The highest BCUT2D eigenvalue weighted by Crippen LogP contribution is 2.29. The van der Waals surface area contributed by atoms with Crippen LogP contribution in [0.2, 0.25) is 0 Å². The van der Waals surface area contributed by atoms with Gasteiger partial charge in [0.2, 0.25) is 11.8 Å². The van der Waals surface area contributed by atoms with E-state index in [1.54, 1.807) is 42.5 Å². The predicted molar refractivity (Wildman–Crippen MR) is 138 cm³/mol. The molecule has 0 saturated heterocycles. The fourth-order valence-corrected chi connectivity index (χ4v) is 3.88. The number of nitrogens with one attached hydrogen (secondary N) is 3. The summed E-state index contributed by atoms with van der Waals surface area (Å²) in [6.07, 6.45) is 0.171. The van der Waals surface area contributed by atoms with Crippen LogP contribution in [-0.2, 0) is 16.0 Å². The molecule has 35 heavy (non-hydrogen) atoms. The molecule has 4 aromatic rings. The van der Waals surface area contributed by atoms with Gasteiger partial charge in [-0.05, 0) is 46.7 Å². The lowest BCUT2D eigenvalue weighted by Gasteiger charge is -2.15. The minimum atomic E-state index is -0.427. The van der Waals surface area contributed by atoms with Crippen molar-refractivity contribution in [2.75, 3.05) is 23.1 Å². The number of carbonyl (C=O) groups excluding carboxylic acids is 3. The van der Waals surface area contributed by atoms with Gasteiger partial charge < -0.3 is 20.7 Å². The number of hydrogen-bond donors (Lipinski definition) is 3. The molecule has 0 spiro atoms. The summed E-state index contributed by atoms with van der Waals surface area (Å²) in [5.74, 6) is -0.451. The Bertz CT molecular complexity index is 1410. The van der Waals surface area contributed by atoms with Crippen LogP contribution in [-0.4, -0.2) is 24.8 Å². The van der Waals surface area contributed by atoms with E-state index in [0.717, 1.165) is 16.3 Å². The number of amides is 3. The molecular weight excluding hydrogens is 442 g/mol. The van der Waals surface area contributed by atoms with Crippen LogP contribution in [0.25, 0.3) is 10.8 Å². The summed E-state index contributed by atoms with van der Waals surface area (Å²) in [6.45, 7) is 1.40. The van der Waals surface area contributed by atoms with Crippen LogP contribution < -0.4 is 20.7 Å². The molecule has 0 heterocycles. The molecule has 0 aliphatic heterocycles. The second-order valence-corrected chi connectivity index (χ2v) is 7.96. The van der Waals surface area contributed by atoms with E-state index < -0.39 is 5.91 Å². The van der Waals surface area contributed by atoms with Crippen molar-refractivity contribution in [3.63, 3.8) is 0 Å². The predicted octanol–water partition coefficient (Wildman–Crippen LogP) is 5.24. The van der Waals surface area contributed by atoms with Gasteiger partial charge in [-0.25, -0.2) is 0 Å². The summed E-state index contributed by atoms with van der Waals surface area (Å²) < 4.78 is 5.34. The fraction of sp³-hybridized carbons (Fsp3) is 0.107. The number of fused-ring (bicyclic) bond motifs is 1. The SMILES string of the molecule is COc1ccc(NC(C)=O)cc1NC(=O)c1ccccc1NC(=O)Cc1cccc2ccccc12. The minimum Gasteiger partial charge on any atom is -0.495 e. The Morgan fingerprint density at radius 1 is 0.771 bits per heavy atom. The highest BCUT2D eigenvalue weighted by atomic mass is 16.5. The number of benzene rings is 4. The second kappa shape index (κ2) is 10.5. The van der Waals surface area contributed by atoms with E-state index >= 15 is 0 Å². The van der Waals surface area contributed by atoms with Crippen molar-refractivity contribution < 1.29 is 19.1 Å². The van der Waals surface area contributed by atoms with Crippen molar-refractivity contribution in [3.8, 4) is 5.75 Å². The topological polar surface area (TPSA) is 96.5 Å². The summed E-state index contributed by atoms with van der Waals surface area (Å²) in [6, 6.07) is 25.5. The number of hydrogen-bond acceptors (Lipinski definition) is 4. The van der Waals surface area contributed by atoms with Crippen LogP contribution >= 0.6 is 0 Å². The molecule has 0 unspecified atom stereocenters. The number of carbonyl (C=O) groups is 3. The Hall–Kier alpha value is -4.65. The molecule has 0 saturated carbocycles. The Morgan fingerprint density at radius 2 is 1.51 bits per heavy atom. The quantitative estimate of drug-likeness (QED) is 0.346. The van der Waals surface area contributed by atoms with Gasteiger partial charge in [0.15, 0.2) is 0 Å². The standard InChI is InChI=1S/C28H25N3O4/c1-18(32)29-21-14-15-26(35-2)25(17-21)31-28(34)23-12-5-6-13-24(23)30-27(33)16-20-10-7-9-19-8-3-4-11-22(19)20/h3-15,17H,16H2,1-2H3,(H,29,32)(H,30,33)(H,31,34). The summed E-state index contributed by atoms with van der Waals surface area (Å²) in [5, 5.41) is 10.4. The van der Waals surface area contributed by atoms with Gasteiger partial charge in [0.1, 0.15) is 5.75 Å². The van der Waals surface area contributed by atoms with Gasteiger partial charge in [-0.2, -0.15) is 0 Å². The molecule has 0 aliphatic carbocycles. The smallest absolute Gasteiger partial charge is 0.257 e. The van der Waals surface area contributed by atoms with E-state index in [9.17, 15) is 14.4 Å². The fourth-order valence-electron chi connectivity index (χ4n) is 3.88. The van der Waals surface area contributed by atoms with Crippen molar-refractivity contribution in [2.24, 2.45) is 0 Å². The van der Waals surface area contributed by atoms with Gasteiger partial charge in [0.05, 0.1) is 30.5 Å². The number of rotatable bonds is 7. The first kappa shape index (κ1) is 23.5. The van der Waals surface area contributed by atoms with E-state index in [1.807, 2.05) is 42.5 Å². The van der Waals surface area contributed by atoms with Crippen LogP contribution in [0.15, 0.2) is 84.9 Å². The molecule has 0 radical (unpaired) electrons. The zero-order valence-electron chi connectivity index (χ0n) is 19.4. The zero-order chi connectivity index (χ0) is 24.8. The summed E-state index contributed by atoms with van der Waals surface area (Å²) in [5.41, 5.74) is 2.51. The van der Waals surface area contributed by atoms with Crippen molar-refractivity contribution >= 4 is 45.6 Å². The van der Waals surface area contributed by atoms with Crippen LogP contribution in [0.3, 0.4) is 0 Å². The average Bonchev–Trinajstić information content (AvgIpc) is 2.84. The first-order valence-corrected chi connectivity index (χ1v) is 11.1. The Kier molecular flexibility index (Phi) is 7.07. The van der Waals surface area contributed by atoms with Crippen LogP contribution in [0, 0.1) is 0 Å². The Morgan fingerprint density at radius 3 is 2.31 bits per heavy atom. The maximum Gasteiger partial charge on any atom is 0.257 e.